The molecule has 0 aliphatic carbocycles. The first-order valence-electron chi connectivity index (χ1n) is 8.46. The molecule has 6 heteroatoms. The monoisotopic (exact) mass is 355 g/mol. The van der Waals surface area contributed by atoms with E-state index in [4.69, 9.17) is 4.74 Å². The fraction of sp³-hybridized carbons (Fsp3) is 0.611. The van der Waals surface area contributed by atoms with Crippen LogP contribution in [0.15, 0.2) is 24.3 Å². The van der Waals surface area contributed by atoms with Crippen LogP contribution in [0.5, 0.6) is 0 Å². The van der Waals surface area contributed by atoms with Gasteiger partial charge in [0, 0.05) is 25.9 Å². The first kappa shape index (κ1) is 20.9. The Morgan fingerprint density at radius 2 is 2.12 bits per heavy atom. The molecule has 0 spiro atoms. The number of carbonyl (C=O) groups excluding carboxylic acids is 1. The van der Waals surface area contributed by atoms with Crippen LogP contribution >= 0.6 is 12.4 Å². The first-order chi connectivity index (χ1) is 11.1. The third kappa shape index (κ3) is 5.18. The van der Waals surface area contributed by atoms with Gasteiger partial charge in [0.25, 0.3) is 0 Å². The number of halogens is 1. The van der Waals surface area contributed by atoms with Crippen molar-refractivity contribution in [3.8, 4) is 0 Å². The second kappa shape index (κ2) is 9.99. The van der Waals surface area contributed by atoms with Gasteiger partial charge in [-0.2, -0.15) is 0 Å². The molecule has 1 aliphatic heterocycles. The average molecular weight is 356 g/mol. The molecule has 0 bridgehead atoms. The Morgan fingerprint density at radius 3 is 2.71 bits per heavy atom. The summed E-state index contributed by atoms with van der Waals surface area (Å²) in [7, 11) is 1.65. The molecule has 1 aliphatic rings. The second-order valence-corrected chi connectivity index (χ2v) is 6.26. The van der Waals surface area contributed by atoms with E-state index in [9.17, 15) is 4.79 Å². The van der Waals surface area contributed by atoms with Crippen LogP contribution in [0.1, 0.15) is 25.8 Å². The van der Waals surface area contributed by atoms with Gasteiger partial charge in [-0.25, -0.2) is 0 Å². The SMILES string of the molecule is CCN(CC)Cc1cccc(NC(=O)C2(COC)CCNC2)c1.Cl. The average Bonchev–Trinajstić information content (AvgIpc) is 3.03. The van der Waals surface area contributed by atoms with E-state index in [1.165, 1.54) is 5.56 Å². The van der Waals surface area contributed by atoms with E-state index in [0.717, 1.165) is 38.3 Å². The molecule has 1 aromatic rings. The molecular weight excluding hydrogens is 326 g/mol. The summed E-state index contributed by atoms with van der Waals surface area (Å²) in [5, 5.41) is 6.35. The van der Waals surface area contributed by atoms with E-state index in [0.29, 0.717) is 13.2 Å². The number of anilines is 1. The number of hydrogen-bond acceptors (Lipinski definition) is 4. The smallest absolute Gasteiger partial charge is 0.234 e. The summed E-state index contributed by atoms with van der Waals surface area (Å²) in [4.78, 5) is 15.1. The number of hydrogen-bond donors (Lipinski definition) is 2. The third-order valence-corrected chi connectivity index (χ3v) is 4.63. The molecule has 136 valence electrons. The van der Waals surface area contributed by atoms with Crippen molar-refractivity contribution in [3.63, 3.8) is 0 Å². The molecule has 1 atom stereocenters. The van der Waals surface area contributed by atoms with E-state index in [1.54, 1.807) is 7.11 Å². The summed E-state index contributed by atoms with van der Waals surface area (Å²) in [6.45, 7) is 9.26. The van der Waals surface area contributed by atoms with Gasteiger partial charge in [0.1, 0.15) is 0 Å². The number of nitrogens with one attached hydrogen (secondary N) is 2. The molecule has 2 rings (SSSR count). The molecule has 0 saturated carbocycles. The summed E-state index contributed by atoms with van der Waals surface area (Å²) < 4.78 is 5.29. The summed E-state index contributed by atoms with van der Waals surface area (Å²) in [5.74, 6) is 0.0457. The predicted molar refractivity (Wildman–Crippen MR) is 101 cm³/mol. The van der Waals surface area contributed by atoms with Crippen LogP contribution in [-0.2, 0) is 16.1 Å². The Bertz CT molecular complexity index is 515. The zero-order chi connectivity index (χ0) is 16.7. The molecule has 1 heterocycles. The minimum absolute atomic E-state index is 0. The van der Waals surface area contributed by atoms with Crippen molar-refractivity contribution in [2.45, 2.75) is 26.8 Å². The van der Waals surface area contributed by atoms with Crippen molar-refractivity contribution in [1.29, 1.82) is 0 Å². The molecule has 1 amide bonds. The van der Waals surface area contributed by atoms with Gasteiger partial charge in [-0.3, -0.25) is 9.69 Å². The molecular formula is C18H30ClN3O2. The predicted octanol–water partition coefficient (Wildman–Crippen LogP) is 2.51. The van der Waals surface area contributed by atoms with Gasteiger partial charge in [-0.05, 0) is 43.8 Å². The maximum atomic E-state index is 12.7. The number of methoxy groups -OCH3 is 1. The van der Waals surface area contributed by atoms with Gasteiger partial charge >= 0.3 is 0 Å². The quantitative estimate of drug-likeness (QED) is 0.752. The highest BCUT2D eigenvalue weighted by Crippen LogP contribution is 2.28. The van der Waals surface area contributed by atoms with E-state index in [1.807, 2.05) is 12.1 Å². The van der Waals surface area contributed by atoms with E-state index in [-0.39, 0.29) is 18.3 Å². The number of ether oxygens (including phenoxy) is 1. The zero-order valence-corrected chi connectivity index (χ0v) is 15.7. The molecule has 1 fully saturated rings. The maximum absolute atomic E-state index is 12.7. The Balaban J connectivity index is 0.00000288. The topological polar surface area (TPSA) is 53.6 Å². The Labute approximate surface area is 151 Å². The highest BCUT2D eigenvalue weighted by atomic mass is 35.5. The lowest BCUT2D eigenvalue weighted by Crippen LogP contribution is -2.41. The third-order valence-electron chi connectivity index (χ3n) is 4.63. The van der Waals surface area contributed by atoms with E-state index >= 15 is 0 Å². The van der Waals surface area contributed by atoms with Crippen LogP contribution in [0.3, 0.4) is 0 Å². The highest BCUT2D eigenvalue weighted by Gasteiger charge is 2.41. The van der Waals surface area contributed by atoms with E-state index < -0.39 is 5.41 Å². The van der Waals surface area contributed by atoms with Crippen molar-refractivity contribution in [2.24, 2.45) is 5.41 Å². The highest BCUT2D eigenvalue weighted by molar-refractivity contribution is 5.96. The Kier molecular flexibility index (Phi) is 8.70. The summed E-state index contributed by atoms with van der Waals surface area (Å²) in [6, 6.07) is 8.13. The molecule has 1 unspecified atom stereocenters. The van der Waals surface area contributed by atoms with E-state index in [2.05, 4.69) is 41.5 Å². The largest absolute Gasteiger partial charge is 0.384 e. The number of nitrogens with zero attached hydrogens (tertiary/aromatic N) is 1. The van der Waals surface area contributed by atoms with Crippen LogP contribution in [0, 0.1) is 5.41 Å². The standard InChI is InChI=1S/C18H29N3O2.ClH/c1-4-21(5-2)12-15-7-6-8-16(11-15)20-17(22)18(14-23-3)9-10-19-13-18;/h6-8,11,19H,4-5,9-10,12-14H2,1-3H3,(H,20,22);1H. The molecule has 5 nitrogen and oxygen atoms in total. The van der Waals surface area contributed by atoms with Gasteiger partial charge in [-0.15, -0.1) is 12.4 Å². The van der Waals surface area contributed by atoms with Gasteiger partial charge in [0.05, 0.1) is 12.0 Å². The van der Waals surface area contributed by atoms with Crippen molar-refractivity contribution >= 4 is 24.0 Å². The lowest BCUT2D eigenvalue weighted by Gasteiger charge is -2.26. The van der Waals surface area contributed by atoms with Gasteiger partial charge < -0.3 is 15.4 Å². The summed E-state index contributed by atoms with van der Waals surface area (Å²) in [5.41, 5.74) is 1.63. The zero-order valence-electron chi connectivity index (χ0n) is 14.9. The number of amides is 1. The van der Waals surface area contributed by atoms with Crippen molar-refractivity contribution in [1.82, 2.24) is 10.2 Å². The maximum Gasteiger partial charge on any atom is 0.234 e. The fourth-order valence-electron chi connectivity index (χ4n) is 3.12. The molecule has 1 aromatic carbocycles. The van der Waals surface area contributed by atoms with Crippen molar-refractivity contribution < 1.29 is 9.53 Å². The molecule has 24 heavy (non-hydrogen) atoms. The first-order valence-corrected chi connectivity index (χ1v) is 8.46. The van der Waals surface area contributed by atoms with Gasteiger partial charge in [0.15, 0.2) is 0 Å². The summed E-state index contributed by atoms with van der Waals surface area (Å²) >= 11 is 0. The fourth-order valence-corrected chi connectivity index (χ4v) is 3.12. The van der Waals surface area contributed by atoms with Crippen LogP contribution in [0.25, 0.3) is 0 Å². The number of carbonyl (C=O) groups is 1. The van der Waals surface area contributed by atoms with Crippen LogP contribution in [-0.4, -0.2) is 50.7 Å². The van der Waals surface area contributed by atoms with Crippen LogP contribution in [0.2, 0.25) is 0 Å². The second-order valence-electron chi connectivity index (χ2n) is 6.26. The van der Waals surface area contributed by atoms with Crippen LogP contribution < -0.4 is 10.6 Å². The molecule has 0 aromatic heterocycles. The summed E-state index contributed by atoms with van der Waals surface area (Å²) in [6.07, 6.45) is 0.811. The van der Waals surface area contributed by atoms with Crippen molar-refractivity contribution in [2.75, 3.05) is 45.2 Å². The van der Waals surface area contributed by atoms with Gasteiger partial charge in [0.2, 0.25) is 5.91 Å². The molecule has 0 radical (unpaired) electrons. The molecule has 1 saturated heterocycles. The lowest BCUT2D eigenvalue weighted by atomic mass is 9.87. The number of benzene rings is 1. The van der Waals surface area contributed by atoms with Gasteiger partial charge in [-0.1, -0.05) is 26.0 Å². The molecule has 2 N–H and O–H groups in total. The van der Waals surface area contributed by atoms with Crippen LogP contribution in [0.4, 0.5) is 5.69 Å². The number of rotatable bonds is 8. The minimum atomic E-state index is -0.455. The minimum Gasteiger partial charge on any atom is -0.384 e. The Hall–Kier alpha value is -1.14. The normalized spacial score (nSPS) is 20.0. The lowest BCUT2D eigenvalue weighted by molar-refractivity contribution is -0.127. The van der Waals surface area contributed by atoms with Crippen molar-refractivity contribution in [3.05, 3.63) is 29.8 Å². The Morgan fingerprint density at radius 1 is 1.38 bits per heavy atom.